The van der Waals surface area contributed by atoms with Crippen molar-refractivity contribution in [2.45, 2.75) is 32.7 Å². The largest absolute Gasteiger partial charge is 0.478 e. The molecule has 1 aliphatic rings. The molecule has 2 unspecified atom stereocenters. The molecule has 2 atom stereocenters. The van der Waals surface area contributed by atoms with Crippen LogP contribution in [0.4, 0.5) is 10.5 Å². The predicted molar refractivity (Wildman–Crippen MR) is 84.7 cm³/mol. The Kier molecular flexibility index (Phi) is 4.88. The predicted octanol–water partition coefficient (Wildman–Crippen LogP) is 3.80. The highest BCUT2D eigenvalue weighted by Gasteiger charge is 2.28. The number of amides is 2. The Morgan fingerprint density at radius 1 is 1.38 bits per heavy atom. The maximum atomic E-state index is 12.3. The molecule has 1 aromatic rings. The van der Waals surface area contributed by atoms with Crippen molar-refractivity contribution in [3.63, 3.8) is 0 Å². The second kappa shape index (κ2) is 6.47. The van der Waals surface area contributed by atoms with E-state index in [2.05, 4.69) is 28.2 Å². The number of carbonyl (C=O) groups excluding carboxylic acids is 1. The number of carboxylic acids is 1. The van der Waals surface area contributed by atoms with Crippen LogP contribution in [0.3, 0.4) is 0 Å². The molecule has 0 spiro atoms. The number of carboxylic acid groups (broad SMARTS) is 1. The summed E-state index contributed by atoms with van der Waals surface area (Å²) < 4.78 is 0.493. The molecule has 1 heterocycles. The van der Waals surface area contributed by atoms with Crippen molar-refractivity contribution < 1.29 is 14.7 Å². The molecule has 114 valence electrons. The van der Waals surface area contributed by atoms with Crippen molar-refractivity contribution >= 4 is 33.6 Å². The summed E-state index contributed by atoms with van der Waals surface area (Å²) in [6.45, 7) is 4.93. The summed E-state index contributed by atoms with van der Waals surface area (Å²) in [5, 5.41) is 11.9. The van der Waals surface area contributed by atoms with E-state index in [4.69, 9.17) is 5.11 Å². The average Bonchev–Trinajstić information content (AvgIpc) is 2.43. The van der Waals surface area contributed by atoms with Gasteiger partial charge in [-0.25, -0.2) is 9.59 Å². The van der Waals surface area contributed by atoms with E-state index in [9.17, 15) is 9.59 Å². The van der Waals surface area contributed by atoms with Crippen molar-refractivity contribution in [1.82, 2.24) is 4.90 Å². The highest BCUT2D eigenvalue weighted by Crippen LogP contribution is 2.25. The summed E-state index contributed by atoms with van der Waals surface area (Å²) in [5.41, 5.74) is 0.624. The van der Waals surface area contributed by atoms with Gasteiger partial charge in [0.1, 0.15) is 0 Å². The summed E-state index contributed by atoms with van der Waals surface area (Å²) in [7, 11) is 0. The maximum absolute atomic E-state index is 12.3. The number of nitrogens with zero attached hydrogens (tertiary/aromatic N) is 1. The van der Waals surface area contributed by atoms with Crippen molar-refractivity contribution in [1.29, 1.82) is 0 Å². The monoisotopic (exact) mass is 354 g/mol. The summed E-state index contributed by atoms with van der Waals surface area (Å²) in [5.74, 6) is -0.554. The van der Waals surface area contributed by atoms with Gasteiger partial charge in [0.2, 0.25) is 0 Å². The number of likely N-dealkylation sites (tertiary alicyclic amines) is 1. The third kappa shape index (κ3) is 3.56. The lowest BCUT2D eigenvalue weighted by molar-refractivity contribution is 0.0696. The molecule has 6 heteroatoms. The molecule has 0 aromatic heterocycles. The minimum Gasteiger partial charge on any atom is -0.478 e. The Balaban J connectivity index is 2.12. The third-order valence-electron chi connectivity index (χ3n) is 4.08. The Morgan fingerprint density at radius 2 is 2.10 bits per heavy atom. The first-order valence-corrected chi connectivity index (χ1v) is 7.80. The molecule has 2 N–H and O–H groups in total. The van der Waals surface area contributed by atoms with E-state index in [0.29, 0.717) is 16.1 Å². The maximum Gasteiger partial charge on any atom is 0.336 e. The van der Waals surface area contributed by atoms with Crippen molar-refractivity contribution in [3.8, 4) is 0 Å². The fraction of sp³-hybridized carbons (Fsp3) is 0.467. The fourth-order valence-corrected chi connectivity index (χ4v) is 3.00. The van der Waals surface area contributed by atoms with Crippen LogP contribution in [0.5, 0.6) is 0 Å². The van der Waals surface area contributed by atoms with Gasteiger partial charge in [0.05, 0.1) is 5.56 Å². The van der Waals surface area contributed by atoms with Gasteiger partial charge < -0.3 is 15.3 Å². The lowest BCUT2D eigenvalue weighted by Crippen LogP contribution is -2.47. The highest BCUT2D eigenvalue weighted by atomic mass is 79.9. The van der Waals surface area contributed by atoms with E-state index in [-0.39, 0.29) is 17.6 Å². The number of piperidine rings is 1. The Hall–Kier alpha value is -1.56. The molecule has 0 bridgehead atoms. The fourth-order valence-electron chi connectivity index (χ4n) is 2.58. The van der Waals surface area contributed by atoms with Gasteiger partial charge in [-0.05, 0) is 59.8 Å². The van der Waals surface area contributed by atoms with Crippen LogP contribution >= 0.6 is 15.9 Å². The van der Waals surface area contributed by atoms with Crippen LogP contribution < -0.4 is 5.32 Å². The van der Waals surface area contributed by atoms with Crippen LogP contribution in [-0.2, 0) is 0 Å². The zero-order chi connectivity index (χ0) is 15.6. The molecule has 0 aliphatic carbocycles. The van der Waals surface area contributed by atoms with Crippen LogP contribution in [0.2, 0.25) is 0 Å². The minimum atomic E-state index is -1.03. The number of carbonyl (C=O) groups is 2. The zero-order valence-electron chi connectivity index (χ0n) is 12.1. The quantitative estimate of drug-likeness (QED) is 0.848. The third-order valence-corrected chi connectivity index (χ3v) is 4.77. The van der Waals surface area contributed by atoms with Gasteiger partial charge in [0.25, 0.3) is 0 Å². The van der Waals surface area contributed by atoms with Crippen LogP contribution in [0.25, 0.3) is 0 Å². The van der Waals surface area contributed by atoms with Gasteiger partial charge in [-0.1, -0.05) is 6.92 Å². The molecular weight excluding hydrogens is 336 g/mol. The zero-order valence-corrected chi connectivity index (χ0v) is 13.7. The molecule has 1 aromatic carbocycles. The Labute approximate surface area is 132 Å². The summed E-state index contributed by atoms with van der Waals surface area (Å²) in [6.07, 6.45) is 2.13. The van der Waals surface area contributed by atoms with E-state index in [1.807, 2.05) is 11.8 Å². The second-order valence-corrected chi connectivity index (χ2v) is 6.34. The summed E-state index contributed by atoms with van der Waals surface area (Å²) in [6, 6.07) is 4.79. The second-order valence-electron chi connectivity index (χ2n) is 5.48. The van der Waals surface area contributed by atoms with Gasteiger partial charge in [-0.15, -0.1) is 0 Å². The number of urea groups is 1. The van der Waals surface area contributed by atoms with E-state index >= 15 is 0 Å². The van der Waals surface area contributed by atoms with E-state index < -0.39 is 5.97 Å². The topological polar surface area (TPSA) is 69.6 Å². The molecule has 5 nitrogen and oxygen atoms in total. The molecule has 1 saturated heterocycles. The normalized spacial score (nSPS) is 22.0. The van der Waals surface area contributed by atoms with Crippen LogP contribution in [-0.4, -0.2) is 34.6 Å². The first-order chi connectivity index (χ1) is 9.90. The molecule has 0 saturated carbocycles. The van der Waals surface area contributed by atoms with Gasteiger partial charge >= 0.3 is 12.0 Å². The number of halogens is 1. The average molecular weight is 355 g/mol. The molecule has 2 amide bonds. The number of benzene rings is 1. The number of aromatic carboxylic acids is 1. The van der Waals surface area contributed by atoms with Gasteiger partial charge in [0.15, 0.2) is 0 Å². The standard InChI is InChI=1S/C15H19BrN2O3/c1-9-4-3-7-18(10(9)2)15(21)17-11-5-6-13(16)12(8-11)14(19)20/h5-6,8-10H,3-4,7H2,1-2H3,(H,17,21)(H,19,20). The van der Waals surface area contributed by atoms with Crippen LogP contribution in [0.15, 0.2) is 22.7 Å². The minimum absolute atomic E-state index is 0.132. The number of nitrogens with one attached hydrogen (secondary N) is 1. The molecule has 1 fully saturated rings. The summed E-state index contributed by atoms with van der Waals surface area (Å²) >= 11 is 3.19. The number of hydrogen-bond donors (Lipinski definition) is 2. The van der Waals surface area contributed by atoms with Gasteiger partial charge in [-0.3, -0.25) is 0 Å². The smallest absolute Gasteiger partial charge is 0.336 e. The molecule has 1 aliphatic heterocycles. The number of rotatable bonds is 2. The van der Waals surface area contributed by atoms with Gasteiger partial charge in [0, 0.05) is 22.7 Å². The van der Waals surface area contributed by atoms with E-state index in [1.165, 1.54) is 6.07 Å². The van der Waals surface area contributed by atoms with E-state index in [1.54, 1.807) is 12.1 Å². The lowest BCUT2D eigenvalue weighted by atomic mass is 9.92. The first-order valence-electron chi connectivity index (χ1n) is 7.00. The molecular formula is C15H19BrN2O3. The SMILES string of the molecule is CC1CCCN(C(=O)Nc2ccc(Br)c(C(=O)O)c2)C1C. The highest BCUT2D eigenvalue weighted by molar-refractivity contribution is 9.10. The van der Waals surface area contributed by atoms with E-state index in [0.717, 1.165) is 19.4 Å². The van der Waals surface area contributed by atoms with Crippen molar-refractivity contribution in [3.05, 3.63) is 28.2 Å². The van der Waals surface area contributed by atoms with Crippen LogP contribution in [0, 0.1) is 5.92 Å². The Bertz CT molecular complexity index is 562. The van der Waals surface area contributed by atoms with Crippen LogP contribution in [0.1, 0.15) is 37.0 Å². The number of hydrogen-bond acceptors (Lipinski definition) is 2. The molecule has 21 heavy (non-hydrogen) atoms. The van der Waals surface area contributed by atoms with Gasteiger partial charge in [-0.2, -0.15) is 0 Å². The first kappa shape index (κ1) is 15.8. The van der Waals surface area contributed by atoms with Crippen molar-refractivity contribution in [2.24, 2.45) is 5.92 Å². The lowest BCUT2D eigenvalue weighted by Gasteiger charge is -2.37. The molecule has 0 radical (unpaired) electrons. The van der Waals surface area contributed by atoms with Crippen molar-refractivity contribution in [2.75, 3.05) is 11.9 Å². The number of anilines is 1. The Morgan fingerprint density at radius 3 is 2.76 bits per heavy atom. The molecule has 2 rings (SSSR count). The summed E-state index contributed by atoms with van der Waals surface area (Å²) in [4.78, 5) is 25.3.